The molecule has 0 bridgehead atoms. The molecule has 23 heavy (non-hydrogen) atoms. The molecule has 1 aliphatic rings. The van der Waals surface area contributed by atoms with Crippen LogP contribution in [0.15, 0.2) is 42.5 Å². The summed E-state index contributed by atoms with van der Waals surface area (Å²) < 4.78 is 5.23. The molecule has 5 heteroatoms. The summed E-state index contributed by atoms with van der Waals surface area (Å²) in [6.45, 7) is 1.23. The highest BCUT2D eigenvalue weighted by molar-refractivity contribution is 5.84. The van der Waals surface area contributed by atoms with Crippen LogP contribution < -0.4 is 0 Å². The number of fused-ring (bicyclic) bond motifs is 1. The predicted molar refractivity (Wildman–Crippen MR) is 83.7 cm³/mol. The van der Waals surface area contributed by atoms with E-state index in [1.54, 1.807) is 12.1 Å². The smallest absolute Gasteiger partial charge is 0.353 e. The Morgan fingerprint density at radius 3 is 2.57 bits per heavy atom. The highest BCUT2D eigenvalue weighted by Crippen LogP contribution is 2.39. The summed E-state index contributed by atoms with van der Waals surface area (Å²) in [4.78, 5) is 27.9. The van der Waals surface area contributed by atoms with Crippen molar-refractivity contribution in [1.29, 1.82) is 0 Å². The molecule has 0 saturated heterocycles. The maximum absolute atomic E-state index is 11.8. The van der Waals surface area contributed by atoms with Gasteiger partial charge in [-0.2, -0.15) is 0 Å². The number of ether oxygens (including phenoxy) is 1. The van der Waals surface area contributed by atoms with Crippen molar-refractivity contribution < 1.29 is 19.4 Å². The zero-order chi connectivity index (χ0) is 16.4. The van der Waals surface area contributed by atoms with Gasteiger partial charge in [0.15, 0.2) is 0 Å². The van der Waals surface area contributed by atoms with Gasteiger partial charge in [0.05, 0.1) is 5.69 Å². The van der Waals surface area contributed by atoms with Crippen molar-refractivity contribution in [3.8, 4) is 11.3 Å². The lowest BCUT2D eigenvalue weighted by molar-refractivity contribution is -0.181. The average Bonchev–Trinajstić information content (AvgIpc) is 2.54. The monoisotopic (exact) mass is 311 g/mol. The van der Waals surface area contributed by atoms with Crippen molar-refractivity contribution in [2.45, 2.75) is 31.8 Å². The average molecular weight is 311 g/mol. The number of rotatable bonds is 3. The van der Waals surface area contributed by atoms with Crippen LogP contribution >= 0.6 is 0 Å². The van der Waals surface area contributed by atoms with Gasteiger partial charge in [0, 0.05) is 30.2 Å². The molecule has 3 rings (SSSR count). The molecule has 1 atom stereocenters. The quantitative estimate of drug-likeness (QED) is 0.882. The van der Waals surface area contributed by atoms with Gasteiger partial charge in [0.1, 0.15) is 0 Å². The number of carbonyl (C=O) groups excluding carboxylic acids is 1. The third-order valence-electron chi connectivity index (χ3n) is 4.08. The van der Waals surface area contributed by atoms with Gasteiger partial charge in [-0.25, -0.2) is 4.79 Å². The molecule has 1 aromatic carbocycles. The molecular formula is C18H17NO4. The second-order valence-corrected chi connectivity index (χ2v) is 5.64. The van der Waals surface area contributed by atoms with Gasteiger partial charge in [-0.3, -0.25) is 9.78 Å². The molecule has 5 nitrogen and oxygen atoms in total. The number of benzene rings is 1. The Labute approximate surface area is 133 Å². The van der Waals surface area contributed by atoms with Crippen LogP contribution in [0.1, 0.15) is 31.0 Å². The fourth-order valence-electron chi connectivity index (χ4n) is 3.09. The van der Waals surface area contributed by atoms with E-state index in [2.05, 4.69) is 4.98 Å². The molecule has 1 unspecified atom stereocenters. The van der Waals surface area contributed by atoms with Crippen LogP contribution in [0.5, 0.6) is 0 Å². The number of carbonyl (C=O) groups is 2. The van der Waals surface area contributed by atoms with Crippen molar-refractivity contribution in [2.24, 2.45) is 0 Å². The first-order chi connectivity index (χ1) is 11.0. The summed E-state index contributed by atoms with van der Waals surface area (Å²) in [5.41, 5.74) is 1.29. The van der Waals surface area contributed by atoms with Gasteiger partial charge in [0.2, 0.25) is 5.60 Å². The maximum Gasteiger partial charge on any atom is 0.353 e. The molecule has 0 radical (unpaired) electrons. The van der Waals surface area contributed by atoms with Crippen molar-refractivity contribution >= 4 is 11.9 Å². The molecule has 2 aromatic rings. The minimum Gasteiger partial charge on any atom is -0.478 e. The number of nitrogens with zero attached hydrogens (tertiary/aromatic N) is 1. The SMILES string of the molecule is CC(=O)OC1(C(=O)O)CCCc2nc(-c3ccccc3)ccc21. The van der Waals surface area contributed by atoms with Crippen LogP contribution in [0.3, 0.4) is 0 Å². The summed E-state index contributed by atoms with van der Waals surface area (Å²) >= 11 is 0. The zero-order valence-electron chi connectivity index (χ0n) is 12.8. The topological polar surface area (TPSA) is 76.5 Å². The number of aliphatic carboxylic acids is 1. The Kier molecular flexibility index (Phi) is 3.86. The Hall–Kier alpha value is -2.69. The number of esters is 1. The lowest BCUT2D eigenvalue weighted by Crippen LogP contribution is -2.43. The number of pyridine rings is 1. The molecule has 0 amide bonds. The second kappa shape index (κ2) is 5.83. The first-order valence-corrected chi connectivity index (χ1v) is 7.52. The van der Waals surface area contributed by atoms with Crippen LogP contribution in [0, 0.1) is 0 Å². The van der Waals surface area contributed by atoms with Crippen molar-refractivity contribution in [2.75, 3.05) is 0 Å². The van der Waals surface area contributed by atoms with Crippen molar-refractivity contribution in [3.05, 3.63) is 53.7 Å². The minimum atomic E-state index is -1.62. The van der Waals surface area contributed by atoms with Crippen molar-refractivity contribution in [3.63, 3.8) is 0 Å². The van der Waals surface area contributed by atoms with Crippen LogP contribution in [0.4, 0.5) is 0 Å². The van der Waals surface area contributed by atoms with Crippen LogP contribution in [-0.2, 0) is 26.3 Å². The highest BCUT2D eigenvalue weighted by Gasteiger charge is 2.47. The largest absolute Gasteiger partial charge is 0.478 e. The van der Waals surface area contributed by atoms with Crippen molar-refractivity contribution in [1.82, 2.24) is 4.98 Å². The van der Waals surface area contributed by atoms with Gasteiger partial charge in [0.25, 0.3) is 0 Å². The number of carboxylic acid groups (broad SMARTS) is 1. The third-order valence-corrected chi connectivity index (χ3v) is 4.08. The summed E-state index contributed by atoms with van der Waals surface area (Å²) in [6.07, 6.45) is 1.55. The molecule has 1 N–H and O–H groups in total. The van der Waals surface area contributed by atoms with Gasteiger partial charge >= 0.3 is 11.9 Å². The van der Waals surface area contributed by atoms with Gasteiger partial charge in [-0.05, 0) is 18.9 Å². The first kappa shape index (κ1) is 15.2. The molecule has 1 aromatic heterocycles. The van der Waals surface area contributed by atoms with E-state index in [9.17, 15) is 14.7 Å². The van der Waals surface area contributed by atoms with Crippen LogP contribution in [0.25, 0.3) is 11.3 Å². The number of aryl methyl sites for hydroxylation is 1. The van der Waals surface area contributed by atoms with E-state index < -0.39 is 17.5 Å². The first-order valence-electron chi connectivity index (χ1n) is 7.52. The summed E-state index contributed by atoms with van der Waals surface area (Å²) in [6, 6.07) is 13.2. The summed E-state index contributed by atoms with van der Waals surface area (Å²) in [7, 11) is 0. The Morgan fingerprint density at radius 1 is 1.17 bits per heavy atom. The number of hydrogen-bond donors (Lipinski definition) is 1. The van der Waals surface area contributed by atoms with E-state index in [4.69, 9.17) is 4.74 Å². The Bertz CT molecular complexity index is 757. The molecular weight excluding hydrogens is 294 g/mol. The normalized spacial score (nSPS) is 19.7. The molecule has 118 valence electrons. The van der Waals surface area contributed by atoms with Crippen LogP contribution in [-0.4, -0.2) is 22.0 Å². The zero-order valence-corrected chi connectivity index (χ0v) is 12.8. The summed E-state index contributed by atoms with van der Waals surface area (Å²) in [5, 5.41) is 9.67. The van der Waals surface area contributed by atoms with E-state index >= 15 is 0 Å². The van der Waals surface area contributed by atoms with E-state index in [1.165, 1.54) is 6.92 Å². The van der Waals surface area contributed by atoms with Gasteiger partial charge in [-0.15, -0.1) is 0 Å². The Balaban J connectivity index is 2.09. The van der Waals surface area contributed by atoms with E-state index in [-0.39, 0.29) is 6.42 Å². The number of aromatic nitrogens is 1. The lowest BCUT2D eigenvalue weighted by Gasteiger charge is -2.34. The Morgan fingerprint density at radius 2 is 1.91 bits per heavy atom. The second-order valence-electron chi connectivity index (χ2n) is 5.64. The van der Waals surface area contributed by atoms with Crippen LogP contribution in [0.2, 0.25) is 0 Å². The minimum absolute atomic E-state index is 0.265. The molecule has 0 aliphatic heterocycles. The van der Waals surface area contributed by atoms with E-state index in [0.717, 1.165) is 11.3 Å². The molecule has 0 fully saturated rings. The standard InChI is InChI=1S/C18H17NO4/c1-12(20)23-18(17(21)22)11-5-8-16-14(18)9-10-15(19-16)13-6-3-2-4-7-13/h2-4,6-7,9-10H,5,8,11H2,1H3,(H,21,22). The van der Waals surface area contributed by atoms with Gasteiger partial charge in [-0.1, -0.05) is 36.4 Å². The molecule has 0 saturated carbocycles. The molecule has 1 heterocycles. The fraction of sp³-hybridized carbons (Fsp3) is 0.278. The molecule has 1 aliphatic carbocycles. The third kappa shape index (κ3) is 2.70. The lowest BCUT2D eigenvalue weighted by atomic mass is 9.81. The van der Waals surface area contributed by atoms with E-state index in [0.29, 0.717) is 24.1 Å². The summed E-state index contributed by atoms with van der Waals surface area (Å²) in [5.74, 6) is -1.75. The predicted octanol–water partition coefficient (Wildman–Crippen LogP) is 2.93. The number of carboxylic acids is 1. The van der Waals surface area contributed by atoms with Gasteiger partial charge < -0.3 is 9.84 Å². The molecule has 0 spiro atoms. The highest BCUT2D eigenvalue weighted by atomic mass is 16.6. The number of hydrogen-bond acceptors (Lipinski definition) is 4. The fourth-order valence-corrected chi connectivity index (χ4v) is 3.09. The maximum atomic E-state index is 11.8. The van der Waals surface area contributed by atoms with E-state index in [1.807, 2.05) is 30.3 Å².